The van der Waals surface area contributed by atoms with E-state index in [0.29, 0.717) is 26.1 Å². The lowest BCUT2D eigenvalue weighted by Crippen LogP contribution is -2.24. The molecule has 2 aromatic carbocycles. The first-order valence-corrected chi connectivity index (χ1v) is 9.53. The fourth-order valence-corrected chi connectivity index (χ4v) is 2.64. The molecule has 0 amide bonds. The van der Waals surface area contributed by atoms with Gasteiger partial charge in [-0.05, 0) is 50.5 Å². The number of benzene rings is 2. The Morgan fingerprint density at radius 3 is 2.57 bits per heavy atom. The first-order chi connectivity index (χ1) is 13.5. The molecule has 0 aliphatic heterocycles. The Kier molecular flexibility index (Phi) is 7.83. The Morgan fingerprint density at radius 1 is 1.14 bits per heavy atom. The van der Waals surface area contributed by atoms with Crippen molar-refractivity contribution in [1.29, 1.82) is 5.26 Å². The van der Waals surface area contributed by atoms with Crippen LogP contribution in [0.15, 0.2) is 54.6 Å². The van der Waals surface area contributed by atoms with Gasteiger partial charge < -0.3 is 9.47 Å². The number of hydrogen-bond acceptors (Lipinski definition) is 4. The zero-order valence-corrected chi connectivity index (χ0v) is 16.8. The predicted molar refractivity (Wildman–Crippen MR) is 112 cm³/mol. The molecule has 0 saturated heterocycles. The van der Waals surface area contributed by atoms with Crippen molar-refractivity contribution < 1.29 is 14.3 Å². The molecule has 0 atom stereocenters. The van der Waals surface area contributed by atoms with E-state index < -0.39 is 5.41 Å². The average molecular weight is 377 g/mol. The third-order valence-corrected chi connectivity index (χ3v) is 4.29. The Morgan fingerprint density at radius 2 is 1.89 bits per heavy atom. The van der Waals surface area contributed by atoms with Crippen molar-refractivity contribution in [1.82, 2.24) is 0 Å². The van der Waals surface area contributed by atoms with Crippen LogP contribution in [0, 0.1) is 16.7 Å². The summed E-state index contributed by atoms with van der Waals surface area (Å²) >= 11 is 0. The normalized spacial score (nSPS) is 11.2. The van der Waals surface area contributed by atoms with Gasteiger partial charge in [0.1, 0.15) is 5.75 Å². The zero-order chi connectivity index (χ0) is 20.4. The smallest absolute Gasteiger partial charge is 0.315 e. The van der Waals surface area contributed by atoms with E-state index in [4.69, 9.17) is 14.7 Å². The van der Waals surface area contributed by atoms with Crippen LogP contribution >= 0.6 is 0 Å². The predicted octanol–water partition coefficient (Wildman–Crippen LogP) is 5.64. The molecule has 4 nitrogen and oxygen atoms in total. The quantitative estimate of drug-likeness (QED) is 0.419. The van der Waals surface area contributed by atoms with Crippen molar-refractivity contribution in [2.24, 2.45) is 5.41 Å². The summed E-state index contributed by atoms with van der Waals surface area (Å²) < 4.78 is 11.0. The molecule has 0 unspecified atom stereocenters. The van der Waals surface area contributed by atoms with Crippen molar-refractivity contribution in [3.8, 4) is 22.9 Å². The van der Waals surface area contributed by atoms with Crippen LogP contribution in [0.4, 0.5) is 0 Å². The van der Waals surface area contributed by atoms with E-state index in [1.807, 2.05) is 62.4 Å². The van der Waals surface area contributed by atoms with E-state index in [2.05, 4.69) is 18.2 Å². The van der Waals surface area contributed by atoms with Gasteiger partial charge in [0.05, 0.1) is 24.7 Å². The van der Waals surface area contributed by atoms with Crippen LogP contribution in [0.3, 0.4) is 0 Å². The monoisotopic (exact) mass is 377 g/mol. The van der Waals surface area contributed by atoms with Crippen molar-refractivity contribution in [2.75, 3.05) is 13.2 Å². The molecular weight excluding hydrogens is 350 g/mol. The second-order valence-corrected chi connectivity index (χ2v) is 7.00. The van der Waals surface area contributed by atoms with Crippen LogP contribution in [0.1, 0.15) is 39.2 Å². The minimum absolute atomic E-state index is 0.262. The van der Waals surface area contributed by atoms with Gasteiger partial charge in [0.25, 0.3) is 0 Å². The van der Waals surface area contributed by atoms with Crippen LogP contribution in [-0.4, -0.2) is 19.2 Å². The number of ether oxygens (including phenoxy) is 2. The molecule has 0 heterocycles. The van der Waals surface area contributed by atoms with Gasteiger partial charge in [-0.3, -0.25) is 4.79 Å². The Balaban J connectivity index is 2.32. The summed E-state index contributed by atoms with van der Waals surface area (Å²) in [6, 6.07) is 18.2. The first-order valence-electron chi connectivity index (χ1n) is 9.53. The Hall–Kier alpha value is -3.06. The lowest BCUT2D eigenvalue weighted by Gasteiger charge is -2.18. The van der Waals surface area contributed by atoms with E-state index in [1.165, 1.54) is 0 Å². The van der Waals surface area contributed by atoms with E-state index in [1.54, 1.807) is 6.92 Å². The molecule has 0 fully saturated rings. The number of nitriles is 1. The summed E-state index contributed by atoms with van der Waals surface area (Å²) in [5.74, 6) is 0.468. The molecule has 28 heavy (non-hydrogen) atoms. The molecule has 146 valence electrons. The van der Waals surface area contributed by atoms with Crippen LogP contribution in [0.5, 0.6) is 5.75 Å². The minimum Gasteiger partial charge on any atom is -0.493 e. The van der Waals surface area contributed by atoms with Gasteiger partial charge in [-0.1, -0.05) is 48.6 Å². The molecule has 0 radical (unpaired) electrons. The lowest BCUT2D eigenvalue weighted by atomic mass is 9.92. The highest BCUT2D eigenvalue weighted by atomic mass is 16.5. The topological polar surface area (TPSA) is 59.3 Å². The highest BCUT2D eigenvalue weighted by Crippen LogP contribution is 2.30. The second kappa shape index (κ2) is 10.3. The molecule has 0 N–H and O–H groups in total. The number of carbonyl (C=O) groups is 1. The lowest BCUT2D eigenvalue weighted by molar-refractivity contribution is -0.150. The average Bonchev–Trinajstić information content (AvgIpc) is 2.71. The van der Waals surface area contributed by atoms with Crippen molar-refractivity contribution >= 4 is 12.0 Å². The van der Waals surface area contributed by atoms with Crippen molar-refractivity contribution in [2.45, 2.75) is 33.6 Å². The fraction of sp³-hybridized carbons (Fsp3) is 0.333. The summed E-state index contributed by atoms with van der Waals surface area (Å²) in [6.07, 6.45) is 4.89. The highest BCUT2D eigenvalue weighted by Gasteiger charge is 2.25. The first kappa shape index (κ1) is 21.2. The van der Waals surface area contributed by atoms with E-state index in [-0.39, 0.29) is 5.97 Å². The molecule has 0 spiro atoms. The summed E-state index contributed by atoms with van der Waals surface area (Å²) in [7, 11) is 0. The molecule has 0 bridgehead atoms. The maximum atomic E-state index is 12.2. The molecule has 2 rings (SSSR count). The van der Waals surface area contributed by atoms with E-state index >= 15 is 0 Å². The largest absolute Gasteiger partial charge is 0.493 e. The molecule has 0 aromatic heterocycles. The van der Waals surface area contributed by atoms with E-state index in [9.17, 15) is 4.79 Å². The van der Waals surface area contributed by atoms with Crippen LogP contribution < -0.4 is 4.74 Å². The highest BCUT2D eigenvalue weighted by molar-refractivity contribution is 5.80. The third-order valence-electron chi connectivity index (χ3n) is 4.29. The number of hydrogen-bond donors (Lipinski definition) is 0. The SMILES string of the molecule is CCOC(=O)C(C)(C)/C=C/c1cc(-c2ccccc2)ccc1OCCCC#N. The maximum Gasteiger partial charge on any atom is 0.315 e. The number of esters is 1. The molecule has 0 aliphatic rings. The summed E-state index contributed by atoms with van der Waals surface area (Å²) in [6.45, 7) is 6.29. The van der Waals surface area contributed by atoms with Gasteiger partial charge in [-0.2, -0.15) is 5.26 Å². The molecule has 4 heteroatoms. The second-order valence-electron chi connectivity index (χ2n) is 7.00. The number of rotatable bonds is 9. The van der Waals surface area contributed by atoms with Gasteiger partial charge in [-0.15, -0.1) is 0 Å². The van der Waals surface area contributed by atoms with E-state index in [0.717, 1.165) is 22.4 Å². The molecule has 0 saturated carbocycles. The summed E-state index contributed by atoms with van der Waals surface area (Å²) in [5.41, 5.74) is 2.32. The standard InChI is InChI=1S/C24H27NO3/c1-4-27-23(26)24(2,3)15-14-21-18-20(19-10-6-5-7-11-19)12-13-22(21)28-17-9-8-16-25/h5-7,10-15,18H,4,8-9,17H2,1-3H3/b15-14+. The maximum absolute atomic E-state index is 12.2. The van der Waals surface area contributed by atoms with Crippen molar-refractivity contribution in [3.63, 3.8) is 0 Å². The van der Waals surface area contributed by atoms with Gasteiger partial charge in [0.2, 0.25) is 0 Å². The van der Waals surface area contributed by atoms with Crippen LogP contribution in [-0.2, 0) is 9.53 Å². The number of nitrogens with zero attached hydrogens (tertiary/aromatic N) is 1. The van der Waals surface area contributed by atoms with Gasteiger partial charge in [0, 0.05) is 12.0 Å². The van der Waals surface area contributed by atoms with Gasteiger partial charge in [-0.25, -0.2) is 0 Å². The third kappa shape index (κ3) is 5.99. The Bertz CT molecular complexity index is 848. The van der Waals surface area contributed by atoms with Gasteiger partial charge >= 0.3 is 5.97 Å². The summed E-state index contributed by atoms with van der Waals surface area (Å²) in [5, 5.41) is 8.69. The Labute approximate surface area is 167 Å². The van der Waals surface area contributed by atoms with Crippen LogP contribution in [0.2, 0.25) is 0 Å². The number of unbranched alkanes of at least 4 members (excludes halogenated alkanes) is 1. The van der Waals surface area contributed by atoms with Crippen LogP contribution in [0.25, 0.3) is 17.2 Å². The molecular formula is C24H27NO3. The van der Waals surface area contributed by atoms with Gasteiger partial charge in [0.15, 0.2) is 0 Å². The van der Waals surface area contributed by atoms with Crippen molar-refractivity contribution in [3.05, 3.63) is 60.2 Å². The fourth-order valence-electron chi connectivity index (χ4n) is 2.64. The molecule has 2 aromatic rings. The number of carbonyl (C=O) groups excluding carboxylic acids is 1. The zero-order valence-electron chi connectivity index (χ0n) is 16.8. The minimum atomic E-state index is -0.739. The summed E-state index contributed by atoms with van der Waals surface area (Å²) in [4.78, 5) is 12.2. The molecule has 0 aliphatic carbocycles.